The van der Waals surface area contributed by atoms with Crippen molar-refractivity contribution in [2.75, 3.05) is 16.3 Å². The number of hydrogen-bond acceptors (Lipinski definition) is 4. The minimum Gasteiger partial charge on any atom is -0.319 e. The molecule has 0 fully saturated rings. The van der Waals surface area contributed by atoms with Gasteiger partial charge in [0, 0.05) is 4.88 Å². The zero-order valence-corrected chi connectivity index (χ0v) is 15.7. The topological polar surface area (TPSA) is 75.3 Å². The first-order valence-corrected chi connectivity index (χ1v) is 10.5. The third kappa shape index (κ3) is 4.82. The minimum atomic E-state index is -3.41. The first-order valence-electron chi connectivity index (χ1n) is 7.83. The van der Waals surface area contributed by atoms with E-state index >= 15 is 0 Å². The fourth-order valence-corrected chi connectivity index (χ4v) is 4.21. The molecule has 0 bridgehead atoms. The molecule has 1 amide bonds. The first-order chi connectivity index (χ1) is 11.3. The molecule has 1 aromatic heterocycles. The highest BCUT2D eigenvalue weighted by atomic mass is 32.2. The second kappa shape index (κ2) is 7.81. The fraction of sp³-hybridized carbons (Fsp3) is 0.353. The minimum absolute atomic E-state index is 0.222. The summed E-state index contributed by atoms with van der Waals surface area (Å²) in [6.07, 6.45) is 3.98. The Bertz CT molecular complexity index is 826. The number of hydrogen-bond donors (Lipinski definition) is 2. The Morgan fingerprint density at radius 2 is 1.83 bits per heavy atom. The van der Waals surface area contributed by atoms with Crippen LogP contribution < -0.4 is 10.0 Å². The number of nitrogens with one attached hydrogen (secondary N) is 2. The van der Waals surface area contributed by atoms with E-state index in [1.54, 1.807) is 24.3 Å². The van der Waals surface area contributed by atoms with Gasteiger partial charge in [0.25, 0.3) is 5.91 Å². The van der Waals surface area contributed by atoms with Crippen LogP contribution in [0.4, 0.5) is 11.4 Å². The van der Waals surface area contributed by atoms with Crippen molar-refractivity contribution >= 4 is 38.6 Å². The number of thiophene rings is 1. The molecule has 2 N–H and O–H groups in total. The van der Waals surface area contributed by atoms with E-state index in [1.807, 2.05) is 6.07 Å². The Hall–Kier alpha value is -1.86. The zero-order valence-electron chi connectivity index (χ0n) is 14.0. The highest BCUT2D eigenvalue weighted by molar-refractivity contribution is 7.92. The van der Waals surface area contributed by atoms with Gasteiger partial charge in [-0.1, -0.05) is 32.4 Å². The van der Waals surface area contributed by atoms with Crippen molar-refractivity contribution in [2.45, 2.75) is 33.1 Å². The van der Waals surface area contributed by atoms with Crippen molar-refractivity contribution in [1.82, 2.24) is 0 Å². The predicted molar refractivity (Wildman–Crippen MR) is 101 cm³/mol. The van der Waals surface area contributed by atoms with Gasteiger partial charge in [0.15, 0.2) is 0 Å². The van der Waals surface area contributed by atoms with Gasteiger partial charge >= 0.3 is 0 Å². The van der Waals surface area contributed by atoms with Crippen LogP contribution in [0.5, 0.6) is 0 Å². The molecular formula is C17H22N2O3S2. The summed E-state index contributed by atoms with van der Waals surface area (Å²) in [6, 6.07) is 8.68. The number of rotatable bonds is 7. The summed E-state index contributed by atoms with van der Waals surface area (Å²) >= 11 is 1.50. The van der Waals surface area contributed by atoms with Crippen LogP contribution in [0.25, 0.3) is 0 Å². The second-order valence-electron chi connectivity index (χ2n) is 5.54. The quantitative estimate of drug-likeness (QED) is 0.781. The van der Waals surface area contributed by atoms with Crippen LogP contribution in [0.2, 0.25) is 0 Å². The number of aryl methyl sites for hydroxylation is 2. The Morgan fingerprint density at radius 1 is 1.17 bits per heavy atom. The van der Waals surface area contributed by atoms with E-state index in [0.717, 1.165) is 25.5 Å². The van der Waals surface area contributed by atoms with Crippen LogP contribution in [0.15, 0.2) is 30.3 Å². The summed E-state index contributed by atoms with van der Waals surface area (Å²) < 4.78 is 25.3. The lowest BCUT2D eigenvalue weighted by Gasteiger charge is -2.11. The van der Waals surface area contributed by atoms with Crippen molar-refractivity contribution in [3.63, 3.8) is 0 Å². The SMILES string of the molecule is CCCc1sc(C(=O)Nc2ccccc2NS(C)(=O)=O)cc1CC. The summed E-state index contributed by atoms with van der Waals surface area (Å²) in [5.41, 5.74) is 2.00. The molecule has 0 atom stereocenters. The maximum atomic E-state index is 12.5. The fourth-order valence-electron chi connectivity index (χ4n) is 2.38. The average Bonchev–Trinajstić information content (AvgIpc) is 2.91. The molecule has 5 nitrogen and oxygen atoms in total. The molecule has 0 unspecified atom stereocenters. The normalized spacial score (nSPS) is 11.3. The number of benzene rings is 1. The molecule has 2 aromatic rings. The van der Waals surface area contributed by atoms with Crippen LogP contribution in [-0.4, -0.2) is 20.6 Å². The molecule has 0 aliphatic rings. The van der Waals surface area contributed by atoms with Crippen LogP contribution in [-0.2, 0) is 22.9 Å². The summed E-state index contributed by atoms with van der Waals surface area (Å²) in [4.78, 5) is 14.4. The molecule has 7 heteroatoms. The van der Waals surface area contributed by atoms with Crippen molar-refractivity contribution in [3.05, 3.63) is 45.6 Å². The van der Waals surface area contributed by atoms with Gasteiger partial charge in [-0.25, -0.2) is 8.42 Å². The molecule has 0 aliphatic carbocycles. The summed E-state index contributed by atoms with van der Waals surface area (Å²) in [5.74, 6) is -0.222. The summed E-state index contributed by atoms with van der Waals surface area (Å²) in [6.45, 7) is 4.19. The van der Waals surface area contributed by atoms with Crippen molar-refractivity contribution in [1.29, 1.82) is 0 Å². The lowest BCUT2D eigenvalue weighted by atomic mass is 10.1. The highest BCUT2D eigenvalue weighted by Crippen LogP contribution is 2.27. The van der Waals surface area contributed by atoms with Gasteiger partial charge in [-0.15, -0.1) is 11.3 Å². The smallest absolute Gasteiger partial charge is 0.265 e. The number of amides is 1. The Morgan fingerprint density at radius 3 is 2.42 bits per heavy atom. The summed E-state index contributed by atoms with van der Waals surface area (Å²) in [7, 11) is -3.41. The van der Waals surface area contributed by atoms with Crippen molar-refractivity contribution < 1.29 is 13.2 Å². The van der Waals surface area contributed by atoms with Crippen molar-refractivity contribution in [2.24, 2.45) is 0 Å². The molecule has 1 heterocycles. The number of sulfonamides is 1. The van der Waals surface area contributed by atoms with E-state index < -0.39 is 10.0 Å². The number of carbonyl (C=O) groups is 1. The van der Waals surface area contributed by atoms with E-state index in [-0.39, 0.29) is 5.91 Å². The molecule has 0 saturated carbocycles. The van der Waals surface area contributed by atoms with Gasteiger partial charge in [-0.05, 0) is 36.6 Å². The highest BCUT2D eigenvalue weighted by Gasteiger charge is 2.15. The molecule has 24 heavy (non-hydrogen) atoms. The molecule has 1 aromatic carbocycles. The van der Waals surface area contributed by atoms with E-state index in [1.165, 1.54) is 21.8 Å². The van der Waals surface area contributed by atoms with E-state index in [2.05, 4.69) is 23.9 Å². The largest absolute Gasteiger partial charge is 0.319 e. The van der Waals surface area contributed by atoms with Gasteiger partial charge in [-0.2, -0.15) is 0 Å². The van der Waals surface area contributed by atoms with E-state index in [9.17, 15) is 13.2 Å². The van der Waals surface area contributed by atoms with Crippen LogP contribution in [0.1, 0.15) is 40.4 Å². The van der Waals surface area contributed by atoms with Crippen molar-refractivity contribution in [3.8, 4) is 0 Å². The van der Waals surface area contributed by atoms with E-state index in [4.69, 9.17) is 0 Å². The third-order valence-electron chi connectivity index (χ3n) is 3.45. The maximum Gasteiger partial charge on any atom is 0.265 e. The second-order valence-corrected chi connectivity index (χ2v) is 8.42. The molecule has 2 rings (SSSR count). The van der Waals surface area contributed by atoms with Crippen LogP contribution >= 0.6 is 11.3 Å². The molecule has 130 valence electrons. The standard InChI is InChI=1S/C17H22N2O3S2/c1-4-8-15-12(5-2)11-16(23-15)17(20)18-13-9-6-7-10-14(13)19-24(3,21)22/h6-7,9-11,19H,4-5,8H2,1-3H3,(H,18,20). The third-order valence-corrected chi connectivity index (χ3v) is 5.28. The Kier molecular flexibility index (Phi) is 6.01. The number of anilines is 2. The van der Waals surface area contributed by atoms with Gasteiger partial charge in [-0.3, -0.25) is 9.52 Å². The lowest BCUT2D eigenvalue weighted by Crippen LogP contribution is -2.15. The molecule has 0 spiro atoms. The molecule has 0 aliphatic heterocycles. The number of carbonyl (C=O) groups excluding carboxylic acids is 1. The maximum absolute atomic E-state index is 12.5. The van der Waals surface area contributed by atoms with Gasteiger partial charge < -0.3 is 5.32 Å². The monoisotopic (exact) mass is 366 g/mol. The van der Waals surface area contributed by atoms with Crippen LogP contribution in [0.3, 0.4) is 0 Å². The number of para-hydroxylation sites is 2. The predicted octanol–water partition coefficient (Wildman–Crippen LogP) is 3.89. The van der Waals surface area contributed by atoms with Gasteiger partial charge in [0.2, 0.25) is 10.0 Å². The Balaban J connectivity index is 2.24. The molecule has 0 radical (unpaired) electrons. The lowest BCUT2D eigenvalue weighted by molar-refractivity contribution is 0.103. The average molecular weight is 367 g/mol. The molecular weight excluding hydrogens is 344 g/mol. The zero-order chi connectivity index (χ0) is 17.7. The molecule has 0 saturated heterocycles. The van der Waals surface area contributed by atoms with Gasteiger partial charge in [0.05, 0.1) is 22.5 Å². The Labute approximate surface area is 147 Å². The van der Waals surface area contributed by atoms with E-state index in [0.29, 0.717) is 16.3 Å². The summed E-state index contributed by atoms with van der Waals surface area (Å²) in [5, 5.41) is 2.80. The van der Waals surface area contributed by atoms with Crippen LogP contribution in [0, 0.1) is 0 Å². The van der Waals surface area contributed by atoms with Gasteiger partial charge in [0.1, 0.15) is 0 Å². The first kappa shape index (κ1) is 18.5.